The first-order chi connectivity index (χ1) is 11.0. The Balaban J connectivity index is 0.00000208. The van der Waals surface area contributed by atoms with Crippen molar-refractivity contribution in [3.63, 3.8) is 0 Å². The second-order valence-corrected chi connectivity index (χ2v) is 6.09. The maximum absolute atomic E-state index is 5.68. The molecule has 0 fully saturated rings. The maximum atomic E-state index is 5.68. The fraction of sp³-hybridized carbons (Fsp3) is 0.412. The van der Waals surface area contributed by atoms with Gasteiger partial charge in [-0.05, 0) is 45.4 Å². The van der Waals surface area contributed by atoms with Gasteiger partial charge < -0.3 is 9.73 Å². The van der Waals surface area contributed by atoms with Crippen LogP contribution in [0.2, 0.25) is 0 Å². The van der Waals surface area contributed by atoms with Crippen molar-refractivity contribution in [1.29, 1.82) is 0 Å². The topological polar surface area (TPSA) is 71.7 Å². The zero-order valence-electron chi connectivity index (χ0n) is 14.4. The van der Waals surface area contributed by atoms with Crippen LogP contribution in [0.3, 0.4) is 0 Å². The molecule has 7 heteroatoms. The maximum Gasteiger partial charge on any atom is 0.152 e. The lowest BCUT2D eigenvalue weighted by Crippen LogP contribution is -2.33. The molecule has 0 aliphatic rings. The Morgan fingerprint density at radius 3 is 2.67 bits per heavy atom. The quantitative estimate of drug-likeness (QED) is 0.712. The van der Waals surface area contributed by atoms with Crippen LogP contribution in [-0.4, -0.2) is 26.0 Å². The van der Waals surface area contributed by atoms with E-state index in [9.17, 15) is 0 Å². The van der Waals surface area contributed by atoms with Gasteiger partial charge in [-0.1, -0.05) is 0 Å². The van der Waals surface area contributed by atoms with E-state index in [1.807, 2.05) is 36.1 Å². The number of hydrogen-bond acceptors (Lipinski definition) is 4. The van der Waals surface area contributed by atoms with Crippen LogP contribution in [0.25, 0.3) is 11.5 Å². The van der Waals surface area contributed by atoms with Crippen molar-refractivity contribution in [1.82, 2.24) is 25.3 Å². The van der Waals surface area contributed by atoms with E-state index in [0.717, 1.165) is 29.3 Å². The molecule has 0 amide bonds. The summed E-state index contributed by atoms with van der Waals surface area (Å²) in [6.45, 7) is 9.04. The van der Waals surface area contributed by atoms with Crippen molar-refractivity contribution in [2.75, 3.05) is 0 Å². The van der Waals surface area contributed by atoms with Gasteiger partial charge in [0.2, 0.25) is 0 Å². The Kier molecular flexibility index (Phi) is 5.85. The van der Waals surface area contributed by atoms with Gasteiger partial charge in [0.05, 0.1) is 18.4 Å². The summed E-state index contributed by atoms with van der Waals surface area (Å²) in [5.41, 5.74) is 3.20. The number of rotatable bonds is 6. The minimum Gasteiger partial charge on any atom is -0.460 e. The molecule has 3 heterocycles. The minimum atomic E-state index is 0. The van der Waals surface area contributed by atoms with Gasteiger partial charge >= 0.3 is 0 Å². The van der Waals surface area contributed by atoms with E-state index in [2.05, 4.69) is 47.6 Å². The van der Waals surface area contributed by atoms with E-state index in [4.69, 9.17) is 4.42 Å². The number of aryl methyl sites for hydroxylation is 2. The van der Waals surface area contributed by atoms with Gasteiger partial charge in [0.15, 0.2) is 5.76 Å². The van der Waals surface area contributed by atoms with Crippen LogP contribution in [0.1, 0.15) is 36.8 Å². The molecule has 3 aromatic rings. The van der Waals surface area contributed by atoms with Crippen molar-refractivity contribution >= 4 is 12.4 Å². The lowest BCUT2D eigenvalue weighted by Gasteiger charge is -2.21. The smallest absolute Gasteiger partial charge is 0.152 e. The summed E-state index contributed by atoms with van der Waals surface area (Å²) in [6.07, 6.45) is 5.80. The van der Waals surface area contributed by atoms with Gasteiger partial charge in [0, 0.05) is 24.3 Å². The van der Waals surface area contributed by atoms with Gasteiger partial charge in [-0.2, -0.15) is 10.2 Å². The van der Waals surface area contributed by atoms with Gasteiger partial charge in [0.1, 0.15) is 11.5 Å². The Morgan fingerprint density at radius 1 is 1.25 bits per heavy atom. The summed E-state index contributed by atoms with van der Waals surface area (Å²) in [6, 6.07) is 4.46. The molecular formula is C17H24ClN5O. The van der Waals surface area contributed by atoms with Crippen molar-refractivity contribution in [2.24, 2.45) is 0 Å². The molecule has 0 aromatic carbocycles. The third-order valence-electron chi connectivity index (χ3n) is 4.19. The second-order valence-electron chi connectivity index (χ2n) is 6.09. The number of aromatic amines is 1. The van der Waals surface area contributed by atoms with Crippen molar-refractivity contribution < 1.29 is 4.42 Å². The summed E-state index contributed by atoms with van der Waals surface area (Å²) in [7, 11) is 0. The van der Waals surface area contributed by atoms with Crippen LogP contribution in [-0.2, 0) is 6.54 Å². The summed E-state index contributed by atoms with van der Waals surface area (Å²) < 4.78 is 7.68. The third kappa shape index (κ3) is 3.88. The number of furan rings is 1. The molecule has 2 unspecified atom stereocenters. The summed E-state index contributed by atoms with van der Waals surface area (Å²) in [5, 5.41) is 15.1. The molecule has 6 nitrogen and oxygen atoms in total. The van der Waals surface area contributed by atoms with Crippen LogP contribution in [0.4, 0.5) is 0 Å². The largest absolute Gasteiger partial charge is 0.460 e. The highest BCUT2D eigenvalue weighted by atomic mass is 35.5. The predicted molar refractivity (Wildman–Crippen MR) is 96.3 cm³/mol. The van der Waals surface area contributed by atoms with Gasteiger partial charge in [-0.15, -0.1) is 12.4 Å². The summed E-state index contributed by atoms with van der Waals surface area (Å²) in [4.78, 5) is 0. The van der Waals surface area contributed by atoms with E-state index in [1.165, 1.54) is 5.56 Å². The highest BCUT2D eigenvalue weighted by Gasteiger charge is 2.16. The first-order valence-corrected chi connectivity index (χ1v) is 7.88. The Bertz CT molecular complexity index is 775. The fourth-order valence-electron chi connectivity index (χ4n) is 2.55. The van der Waals surface area contributed by atoms with Crippen LogP contribution < -0.4 is 5.32 Å². The Hall–Kier alpha value is -2.05. The zero-order valence-corrected chi connectivity index (χ0v) is 15.2. The van der Waals surface area contributed by atoms with E-state index >= 15 is 0 Å². The fourth-order valence-corrected chi connectivity index (χ4v) is 2.55. The highest BCUT2D eigenvalue weighted by Crippen LogP contribution is 2.23. The summed E-state index contributed by atoms with van der Waals surface area (Å²) >= 11 is 0. The first kappa shape index (κ1) is 18.3. The number of H-pyrrole nitrogens is 1. The molecule has 0 radical (unpaired) electrons. The number of hydrogen-bond donors (Lipinski definition) is 2. The van der Waals surface area contributed by atoms with Crippen molar-refractivity contribution in [2.45, 2.75) is 46.3 Å². The molecule has 0 bridgehead atoms. The first-order valence-electron chi connectivity index (χ1n) is 7.88. The number of nitrogens with one attached hydrogen (secondary N) is 2. The number of nitrogens with zero attached hydrogens (tertiary/aromatic N) is 3. The van der Waals surface area contributed by atoms with E-state index in [-0.39, 0.29) is 24.5 Å². The van der Waals surface area contributed by atoms with Gasteiger partial charge in [-0.3, -0.25) is 9.78 Å². The van der Waals surface area contributed by atoms with Crippen molar-refractivity contribution in [3.05, 3.63) is 47.6 Å². The molecule has 24 heavy (non-hydrogen) atoms. The zero-order chi connectivity index (χ0) is 16.4. The molecule has 3 aromatic heterocycles. The molecule has 3 rings (SSSR count). The Labute approximate surface area is 148 Å². The number of halogens is 1. The van der Waals surface area contributed by atoms with Crippen LogP contribution in [0.5, 0.6) is 0 Å². The van der Waals surface area contributed by atoms with Crippen LogP contribution >= 0.6 is 12.4 Å². The third-order valence-corrected chi connectivity index (χ3v) is 4.19. The minimum absolute atomic E-state index is 0. The predicted octanol–water partition coefficient (Wildman–Crippen LogP) is 3.64. The lowest BCUT2D eigenvalue weighted by atomic mass is 10.1. The average Bonchev–Trinajstić information content (AvgIpc) is 3.24. The number of aromatic nitrogens is 4. The molecule has 2 atom stereocenters. The molecule has 0 saturated carbocycles. The lowest BCUT2D eigenvalue weighted by molar-refractivity contribution is 0.365. The molecule has 0 spiro atoms. The Morgan fingerprint density at radius 2 is 2.04 bits per heavy atom. The molecule has 0 aliphatic heterocycles. The highest BCUT2D eigenvalue weighted by molar-refractivity contribution is 5.85. The van der Waals surface area contributed by atoms with Crippen LogP contribution in [0, 0.1) is 13.8 Å². The van der Waals surface area contributed by atoms with Crippen molar-refractivity contribution in [3.8, 4) is 11.5 Å². The summed E-state index contributed by atoms with van der Waals surface area (Å²) in [5.74, 6) is 1.71. The standard InChI is InChI=1S/C17H23N5O.ClH/c1-11-7-20-22(10-11)14(4)13(3)18-8-15-9-19-21-17(15)16-6-5-12(2)23-16;/h5-7,9-10,13-14,18H,8H2,1-4H3,(H,19,21);1H. The van der Waals surface area contributed by atoms with Crippen LogP contribution in [0.15, 0.2) is 35.1 Å². The molecule has 2 N–H and O–H groups in total. The SMILES string of the molecule is Cc1cnn(C(C)C(C)NCc2cn[nH]c2-c2ccc(C)o2)c1.Cl. The monoisotopic (exact) mass is 349 g/mol. The van der Waals surface area contributed by atoms with E-state index < -0.39 is 0 Å². The second kappa shape index (κ2) is 7.68. The average molecular weight is 350 g/mol. The molecule has 0 aliphatic carbocycles. The molecular weight excluding hydrogens is 326 g/mol. The molecule has 0 saturated heterocycles. The van der Waals surface area contributed by atoms with Gasteiger partial charge in [0.25, 0.3) is 0 Å². The molecule has 130 valence electrons. The van der Waals surface area contributed by atoms with Gasteiger partial charge in [-0.25, -0.2) is 0 Å². The van der Waals surface area contributed by atoms with E-state index in [1.54, 1.807) is 0 Å². The van der Waals surface area contributed by atoms with E-state index in [0.29, 0.717) is 0 Å². The normalized spacial score (nSPS) is 13.5.